The number of aromatic amines is 1. The number of anilines is 1. The van der Waals surface area contributed by atoms with Gasteiger partial charge in [-0.15, -0.1) is 0 Å². The van der Waals surface area contributed by atoms with Crippen molar-refractivity contribution < 1.29 is 19.1 Å². The number of amides is 2. The third-order valence-electron chi connectivity index (χ3n) is 10.8. The summed E-state index contributed by atoms with van der Waals surface area (Å²) in [6.07, 6.45) is 3.99. The van der Waals surface area contributed by atoms with E-state index in [0.717, 1.165) is 39.0 Å². The van der Waals surface area contributed by atoms with E-state index in [1.54, 1.807) is 11.2 Å². The van der Waals surface area contributed by atoms with Crippen LogP contribution in [0.5, 0.6) is 0 Å². The Morgan fingerprint density at radius 3 is 2.08 bits per heavy atom. The monoisotopic (exact) mass is 818 g/mol. The Balaban J connectivity index is 1.22. The van der Waals surface area contributed by atoms with Gasteiger partial charge in [0.05, 0.1) is 18.9 Å². The van der Waals surface area contributed by atoms with Crippen LogP contribution in [0.4, 0.5) is 10.5 Å². The molecule has 6 aromatic rings. The molecule has 0 saturated carbocycles. The van der Waals surface area contributed by atoms with Gasteiger partial charge < -0.3 is 24.7 Å². The Morgan fingerprint density at radius 2 is 1.48 bits per heavy atom. The number of carbonyl (C=O) groups is 2. The maximum atomic E-state index is 13.9. The summed E-state index contributed by atoms with van der Waals surface area (Å²) in [5, 5.41) is 6.53. The number of aromatic nitrogens is 3. The summed E-state index contributed by atoms with van der Waals surface area (Å²) in [5.41, 5.74) is 6.93. The minimum absolute atomic E-state index is 0.0291. The van der Waals surface area contributed by atoms with Gasteiger partial charge in [-0.1, -0.05) is 136 Å². The molecule has 3 heterocycles. The van der Waals surface area contributed by atoms with Crippen LogP contribution in [-0.4, -0.2) is 65.9 Å². The van der Waals surface area contributed by atoms with E-state index < -0.39 is 14.4 Å². The second-order valence-electron chi connectivity index (χ2n) is 18.2. The second kappa shape index (κ2) is 17.4. The quantitative estimate of drug-likeness (QED) is 0.126. The molecule has 10 heteroatoms. The molecule has 2 aromatic heterocycles. The van der Waals surface area contributed by atoms with Gasteiger partial charge >= 0.3 is 6.09 Å². The molecule has 1 aliphatic heterocycles. The van der Waals surface area contributed by atoms with E-state index in [2.05, 4.69) is 123 Å². The molecular formula is C50H56N5O4Si. The van der Waals surface area contributed by atoms with Gasteiger partial charge in [0.1, 0.15) is 26.4 Å². The summed E-state index contributed by atoms with van der Waals surface area (Å²) in [6.45, 7) is 18.4. The first kappa shape index (κ1) is 42.3. The van der Waals surface area contributed by atoms with Crippen molar-refractivity contribution in [2.45, 2.75) is 84.5 Å². The van der Waals surface area contributed by atoms with Crippen molar-refractivity contribution in [3.63, 3.8) is 0 Å². The van der Waals surface area contributed by atoms with Crippen molar-refractivity contribution in [3.05, 3.63) is 144 Å². The molecule has 7 rings (SSSR count). The highest BCUT2D eigenvalue weighted by Crippen LogP contribution is 2.37. The highest BCUT2D eigenvalue weighted by molar-refractivity contribution is 6.87. The number of hydrogen-bond acceptors (Lipinski definition) is 6. The lowest BCUT2D eigenvalue weighted by molar-refractivity contribution is 0.0270. The van der Waals surface area contributed by atoms with Gasteiger partial charge in [-0.3, -0.25) is 4.79 Å². The van der Waals surface area contributed by atoms with E-state index in [4.69, 9.17) is 14.5 Å². The number of nitrogens with zero attached hydrogens (tertiary/aromatic N) is 3. The molecule has 2 amide bonds. The SMILES string of the molecule is CC(C)(C)OC(=O)N1CC=C(c2cc3c(-c4cccc(NC(=O)c5ccc(C(C)(C)C)cc5)c4COCC(C)(C)[Si](c4ccccc4)c4ccccc4)ncnc3[nH]2)CC1. The van der Waals surface area contributed by atoms with Crippen LogP contribution in [0.2, 0.25) is 5.04 Å². The fourth-order valence-electron chi connectivity index (χ4n) is 7.77. The van der Waals surface area contributed by atoms with E-state index >= 15 is 0 Å². The Labute approximate surface area is 355 Å². The number of carbonyl (C=O) groups excluding carboxylic acids is 2. The zero-order chi connectivity index (χ0) is 42.7. The number of H-pyrrole nitrogens is 1. The summed E-state index contributed by atoms with van der Waals surface area (Å²) in [7, 11) is -1.28. The lowest BCUT2D eigenvalue weighted by atomic mass is 9.86. The maximum Gasteiger partial charge on any atom is 0.410 e. The van der Waals surface area contributed by atoms with Gasteiger partial charge in [0, 0.05) is 46.5 Å². The molecule has 2 N–H and O–H groups in total. The van der Waals surface area contributed by atoms with E-state index in [9.17, 15) is 9.59 Å². The molecule has 0 atom stereocenters. The van der Waals surface area contributed by atoms with Crippen molar-refractivity contribution in [1.29, 1.82) is 0 Å². The minimum Gasteiger partial charge on any atom is -0.444 e. The van der Waals surface area contributed by atoms with Crippen LogP contribution in [0, 0.1) is 0 Å². The minimum atomic E-state index is -1.28. The van der Waals surface area contributed by atoms with Gasteiger partial charge in [-0.05, 0) is 73.0 Å². The highest BCUT2D eigenvalue weighted by Gasteiger charge is 2.35. The van der Waals surface area contributed by atoms with Gasteiger partial charge in [0.15, 0.2) is 0 Å². The molecule has 4 aromatic carbocycles. The predicted molar refractivity (Wildman–Crippen MR) is 244 cm³/mol. The number of benzene rings is 4. The molecule has 309 valence electrons. The molecule has 1 aliphatic rings. The number of ether oxygens (including phenoxy) is 2. The maximum absolute atomic E-state index is 13.9. The van der Waals surface area contributed by atoms with Crippen molar-refractivity contribution >= 4 is 53.5 Å². The number of nitrogens with one attached hydrogen (secondary N) is 2. The Bertz CT molecular complexity index is 2440. The van der Waals surface area contributed by atoms with E-state index in [1.807, 2.05) is 63.2 Å². The van der Waals surface area contributed by atoms with E-state index in [-0.39, 0.29) is 29.1 Å². The van der Waals surface area contributed by atoms with Gasteiger partial charge in [0.25, 0.3) is 5.91 Å². The van der Waals surface area contributed by atoms with Crippen LogP contribution >= 0.6 is 0 Å². The van der Waals surface area contributed by atoms with Crippen LogP contribution < -0.4 is 15.7 Å². The summed E-state index contributed by atoms with van der Waals surface area (Å²) in [4.78, 5) is 41.4. The van der Waals surface area contributed by atoms with E-state index in [1.165, 1.54) is 10.4 Å². The lowest BCUT2D eigenvalue weighted by Gasteiger charge is -2.33. The average molecular weight is 819 g/mol. The molecular weight excluding hydrogens is 763 g/mol. The van der Waals surface area contributed by atoms with Crippen molar-refractivity contribution in [2.24, 2.45) is 0 Å². The second-order valence-corrected chi connectivity index (χ2v) is 21.4. The smallest absolute Gasteiger partial charge is 0.410 e. The molecule has 60 heavy (non-hydrogen) atoms. The molecule has 9 nitrogen and oxygen atoms in total. The fraction of sp³-hybridized carbons (Fsp3) is 0.320. The lowest BCUT2D eigenvalue weighted by Crippen LogP contribution is -2.51. The zero-order valence-corrected chi connectivity index (χ0v) is 37.1. The van der Waals surface area contributed by atoms with Gasteiger partial charge in [0.2, 0.25) is 0 Å². The van der Waals surface area contributed by atoms with Crippen molar-refractivity contribution in [2.75, 3.05) is 25.0 Å². The van der Waals surface area contributed by atoms with Crippen molar-refractivity contribution in [3.8, 4) is 11.3 Å². The van der Waals surface area contributed by atoms with Gasteiger partial charge in [-0.25, -0.2) is 14.8 Å². The number of hydrogen-bond donors (Lipinski definition) is 2. The Kier molecular flexibility index (Phi) is 12.3. The summed E-state index contributed by atoms with van der Waals surface area (Å²) in [6, 6.07) is 37.3. The Hall–Kier alpha value is -5.84. The van der Waals surface area contributed by atoms with Crippen LogP contribution in [0.1, 0.15) is 89.0 Å². The van der Waals surface area contributed by atoms with Crippen LogP contribution in [-0.2, 0) is 21.5 Å². The zero-order valence-electron chi connectivity index (χ0n) is 36.1. The van der Waals surface area contributed by atoms with Crippen LogP contribution in [0.25, 0.3) is 27.9 Å². The molecule has 0 spiro atoms. The van der Waals surface area contributed by atoms with Crippen LogP contribution in [0.3, 0.4) is 0 Å². The first-order chi connectivity index (χ1) is 28.6. The topological polar surface area (TPSA) is 109 Å². The molecule has 0 aliphatic carbocycles. The fourth-order valence-corrected chi connectivity index (χ4v) is 11.0. The summed E-state index contributed by atoms with van der Waals surface area (Å²) < 4.78 is 12.4. The van der Waals surface area contributed by atoms with Gasteiger partial charge in [-0.2, -0.15) is 0 Å². The molecule has 0 bridgehead atoms. The summed E-state index contributed by atoms with van der Waals surface area (Å²) >= 11 is 0. The summed E-state index contributed by atoms with van der Waals surface area (Å²) in [5.74, 6) is -0.200. The first-order valence-corrected chi connectivity index (χ1v) is 22.2. The normalized spacial score (nSPS) is 13.7. The first-order valence-electron chi connectivity index (χ1n) is 20.7. The largest absolute Gasteiger partial charge is 0.444 e. The van der Waals surface area contributed by atoms with E-state index in [0.29, 0.717) is 43.0 Å². The molecule has 0 unspecified atom stereocenters. The molecule has 0 saturated heterocycles. The Morgan fingerprint density at radius 1 is 0.817 bits per heavy atom. The van der Waals surface area contributed by atoms with Crippen molar-refractivity contribution in [1.82, 2.24) is 19.9 Å². The van der Waals surface area contributed by atoms with Crippen LogP contribution in [0.15, 0.2) is 122 Å². The third-order valence-corrected chi connectivity index (χ3v) is 14.2. The number of fused-ring (bicyclic) bond motifs is 1. The number of rotatable bonds is 11. The predicted octanol–water partition coefficient (Wildman–Crippen LogP) is 9.80. The standard InChI is InChI=1S/C50H56N5O4Si/c1-48(2,3)36-24-22-35(23-25-36)46(56)54-42-21-15-20-39(41(42)31-58-32-50(7,8)60(37-16-11-9-12-17-37)38-18-13-10-14-19-38)44-40-30-43(53-45(40)52-33-51-44)34-26-28-55(29-27-34)47(57)59-49(4,5)6/h9-26,30,33H,27-29,31-32H2,1-8H3,(H,54,56)(H,51,52,53). The molecule has 0 fully saturated rings. The third kappa shape index (κ3) is 9.78. The average Bonchev–Trinajstić information content (AvgIpc) is 3.66. The highest BCUT2D eigenvalue weighted by atomic mass is 28.3. The molecule has 1 radical (unpaired) electrons.